The van der Waals surface area contributed by atoms with Gasteiger partial charge in [0.25, 0.3) is 0 Å². The normalized spacial score (nSPS) is 11.1. The molecule has 0 bridgehead atoms. The zero-order valence-corrected chi connectivity index (χ0v) is 9.67. The third-order valence-electron chi connectivity index (χ3n) is 2.16. The van der Waals surface area contributed by atoms with Crippen LogP contribution in [0.2, 0.25) is 0 Å². The lowest BCUT2D eigenvalue weighted by molar-refractivity contribution is 0.411. The van der Waals surface area contributed by atoms with Gasteiger partial charge in [0, 0.05) is 6.04 Å². The molecule has 1 atom stereocenters. The SMILES string of the molecule is COc1ccc([C@H](N)CC#N)cc1C.Cl. The molecule has 2 N–H and O–H groups in total. The number of nitrogens with two attached hydrogens (primary N) is 1. The number of halogens is 1. The molecule has 0 amide bonds. The van der Waals surface area contributed by atoms with Gasteiger partial charge in [0.2, 0.25) is 0 Å². The van der Waals surface area contributed by atoms with Crippen LogP contribution in [0.15, 0.2) is 18.2 Å². The minimum absolute atomic E-state index is 0. The second kappa shape index (κ2) is 6.28. The molecule has 1 aromatic carbocycles. The number of hydrogen-bond donors (Lipinski definition) is 1. The minimum atomic E-state index is -0.204. The third kappa shape index (κ3) is 3.43. The van der Waals surface area contributed by atoms with Crippen molar-refractivity contribution in [1.82, 2.24) is 0 Å². The van der Waals surface area contributed by atoms with Gasteiger partial charge in [-0.1, -0.05) is 12.1 Å². The Morgan fingerprint density at radius 1 is 1.53 bits per heavy atom. The van der Waals surface area contributed by atoms with E-state index >= 15 is 0 Å². The summed E-state index contributed by atoms with van der Waals surface area (Å²) in [6.45, 7) is 1.96. The molecular formula is C11H15ClN2O. The fourth-order valence-electron chi connectivity index (χ4n) is 1.35. The van der Waals surface area contributed by atoms with Gasteiger partial charge in [-0.2, -0.15) is 5.26 Å². The summed E-state index contributed by atoms with van der Waals surface area (Å²) in [4.78, 5) is 0. The Balaban J connectivity index is 0.00000196. The molecule has 15 heavy (non-hydrogen) atoms. The molecule has 1 aromatic rings. The highest BCUT2D eigenvalue weighted by Gasteiger charge is 2.07. The van der Waals surface area contributed by atoms with Crippen LogP contribution in [-0.2, 0) is 0 Å². The van der Waals surface area contributed by atoms with Gasteiger partial charge >= 0.3 is 0 Å². The standard InChI is InChI=1S/C11H14N2O.ClH/c1-8-7-9(10(13)5-6-12)3-4-11(8)14-2;/h3-4,7,10H,5,13H2,1-2H3;1H/t10-;/m1./s1. The van der Waals surface area contributed by atoms with Crippen LogP contribution in [0.3, 0.4) is 0 Å². The van der Waals surface area contributed by atoms with Crippen molar-refractivity contribution in [3.63, 3.8) is 0 Å². The predicted octanol–water partition coefficient (Wildman–Crippen LogP) is 2.34. The predicted molar refractivity (Wildman–Crippen MR) is 62.1 cm³/mol. The van der Waals surface area contributed by atoms with Crippen LogP contribution in [0.25, 0.3) is 0 Å². The van der Waals surface area contributed by atoms with E-state index in [4.69, 9.17) is 15.7 Å². The number of aryl methyl sites for hydroxylation is 1. The fourth-order valence-corrected chi connectivity index (χ4v) is 1.35. The molecule has 0 aromatic heterocycles. The second-order valence-electron chi connectivity index (χ2n) is 3.20. The Morgan fingerprint density at radius 2 is 2.20 bits per heavy atom. The Bertz CT molecular complexity index is 360. The molecule has 3 nitrogen and oxygen atoms in total. The number of ether oxygens (including phenoxy) is 1. The molecule has 0 aliphatic heterocycles. The smallest absolute Gasteiger partial charge is 0.121 e. The molecular weight excluding hydrogens is 212 g/mol. The van der Waals surface area contributed by atoms with Crippen molar-refractivity contribution in [2.24, 2.45) is 5.73 Å². The number of nitrogens with zero attached hydrogens (tertiary/aromatic N) is 1. The number of nitriles is 1. The molecule has 0 aliphatic carbocycles. The molecule has 82 valence electrons. The first-order valence-corrected chi connectivity index (χ1v) is 4.46. The van der Waals surface area contributed by atoms with Gasteiger partial charge in [-0.05, 0) is 24.1 Å². The Labute approximate surface area is 96.3 Å². The quantitative estimate of drug-likeness (QED) is 0.861. The highest BCUT2D eigenvalue weighted by atomic mass is 35.5. The fraction of sp³-hybridized carbons (Fsp3) is 0.364. The second-order valence-corrected chi connectivity index (χ2v) is 3.20. The number of hydrogen-bond acceptors (Lipinski definition) is 3. The van der Waals surface area contributed by atoms with E-state index in [9.17, 15) is 0 Å². The van der Waals surface area contributed by atoms with Gasteiger partial charge in [0.05, 0.1) is 19.6 Å². The van der Waals surface area contributed by atoms with Crippen LogP contribution in [0.4, 0.5) is 0 Å². The molecule has 0 spiro atoms. The van der Waals surface area contributed by atoms with E-state index in [1.165, 1.54) is 0 Å². The number of methoxy groups -OCH3 is 1. The maximum atomic E-state index is 8.51. The Hall–Kier alpha value is -1.24. The van der Waals surface area contributed by atoms with E-state index < -0.39 is 0 Å². The summed E-state index contributed by atoms with van der Waals surface area (Å²) in [5, 5.41) is 8.51. The van der Waals surface area contributed by atoms with Crippen molar-refractivity contribution in [3.8, 4) is 11.8 Å². The van der Waals surface area contributed by atoms with Gasteiger partial charge in [-0.3, -0.25) is 0 Å². The first-order valence-electron chi connectivity index (χ1n) is 4.46. The summed E-state index contributed by atoms with van der Waals surface area (Å²) in [6.07, 6.45) is 0.339. The molecule has 0 radical (unpaired) electrons. The van der Waals surface area contributed by atoms with Gasteiger partial charge in [0.1, 0.15) is 5.75 Å². The lowest BCUT2D eigenvalue weighted by Crippen LogP contribution is -2.09. The van der Waals surface area contributed by atoms with Crippen molar-refractivity contribution in [2.45, 2.75) is 19.4 Å². The highest BCUT2D eigenvalue weighted by molar-refractivity contribution is 5.85. The average Bonchev–Trinajstić information content (AvgIpc) is 2.18. The molecule has 0 unspecified atom stereocenters. The van der Waals surface area contributed by atoms with E-state index in [1.54, 1.807) is 7.11 Å². The van der Waals surface area contributed by atoms with E-state index in [0.29, 0.717) is 6.42 Å². The summed E-state index contributed by atoms with van der Waals surface area (Å²) < 4.78 is 5.13. The van der Waals surface area contributed by atoms with Crippen molar-refractivity contribution >= 4 is 12.4 Å². The molecule has 1 rings (SSSR count). The van der Waals surface area contributed by atoms with Gasteiger partial charge in [-0.15, -0.1) is 12.4 Å². The molecule has 0 heterocycles. The summed E-state index contributed by atoms with van der Waals surface area (Å²) in [6, 6.07) is 7.59. The first-order chi connectivity index (χ1) is 6.69. The van der Waals surface area contributed by atoms with Gasteiger partial charge < -0.3 is 10.5 Å². The highest BCUT2D eigenvalue weighted by Crippen LogP contribution is 2.22. The van der Waals surface area contributed by atoms with Crippen molar-refractivity contribution < 1.29 is 4.74 Å². The molecule has 0 saturated heterocycles. The monoisotopic (exact) mass is 226 g/mol. The van der Waals surface area contributed by atoms with Crippen LogP contribution in [0, 0.1) is 18.3 Å². The zero-order valence-electron chi connectivity index (χ0n) is 8.86. The Kier molecular flexibility index (Phi) is 5.76. The summed E-state index contributed by atoms with van der Waals surface area (Å²) in [5.41, 5.74) is 7.82. The first kappa shape index (κ1) is 13.8. The maximum Gasteiger partial charge on any atom is 0.121 e. The third-order valence-corrected chi connectivity index (χ3v) is 2.16. The maximum absolute atomic E-state index is 8.51. The van der Waals surface area contributed by atoms with Crippen molar-refractivity contribution in [2.75, 3.05) is 7.11 Å². The van der Waals surface area contributed by atoms with E-state index in [-0.39, 0.29) is 18.4 Å². The van der Waals surface area contributed by atoms with E-state index in [1.807, 2.05) is 25.1 Å². The molecule has 0 aliphatic rings. The molecule has 4 heteroatoms. The van der Waals surface area contributed by atoms with Crippen LogP contribution in [0.5, 0.6) is 5.75 Å². The number of benzene rings is 1. The lowest BCUT2D eigenvalue weighted by Gasteiger charge is -2.11. The summed E-state index contributed by atoms with van der Waals surface area (Å²) in [7, 11) is 1.64. The van der Waals surface area contributed by atoms with Crippen LogP contribution in [-0.4, -0.2) is 7.11 Å². The van der Waals surface area contributed by atoms with Crippen molar-refractivity contribution in [3.05, 3.63) is 29.3 Å². The van der Waals surface area contributed by atoms with E-state index in [2.05, 4.69) is 6.07 Å². The summed E-state index contributed by atoms with van der Waals surface area (Å²) >= 11 is 0. The molecule has 0 fully saturated rings. The van der Waals surface area contributed by atoms with Gasteiger partial charge in [-0.25, -0.2) is 0 Å². The largest absolute Gasteiger partial charge is 0.496 e. The van der Waals surface area contributed by atoms with E-state index in [0.717, 1.165) is 16.9 Å². The minimum Gasteiger partial charge on any atom is -0.496 e. The van der Waals surface area contributed by atoms with Crippen LogP contribution >= 0.6 is 12.4 Å². The number of rotatable bonds is 3. The zero-order chi connectivity index (χ0) is 10.6. The summed E-state index contributed by atoms with van der Waals surface area (Å²) in [5.74, 6) is 0.845. The molecule has 0 saturated carbocycles. The van der Waals surface area contributed by atoms with Gasteiger partial charge in [0.15, 0.2) is 0 Å². The Morgan fingerprint density at radius 3 is 2.67 bits per heavy atom. The van der Waals surface area contributed by atoms with Crippen LogP contribution in [0.1, 0.15) is 23.6 Å². The topological polar surface area (TPSA) is 59.0 Å². The lowest BCUT2D eigenvalue weighted by atomic mass is 10.0. The van der Waals surface area contributed by atoms with Crippen molar-refractivity contribution in [1.29, 1.82) is 5.26 Å². The average molecular weight is 227 g/mol. The van der Waals surface area contributed by atoms with Crippen LogP contribution < -0.4 is 10.5 Å².